The van der Waals surface area contributed by atoms with Crippen LogP contribution in [0, 0.1) is 5.41 Å². The third-order valence-electron chi connectivity index (χ3n) is 2.88. The number of hydrogen-bond acceptors (Lipinski definition) is 3. The van der Waals surface area contributed by atoms with Crippen molar-refractivity contribution in [2.24, 2.45) is 7.05 Å². The smallest absolute Gasteiger partial charge is 0.141 e. The number of amidine groups is 1. The van der Waals surface area contributed by atoms with Gasteiger partial charge in [-0.3, -0.25) is 5.41 Å². The van der Waals surface area contributed by atoms with Crippen molar-refractivity contribution in [1.82, 2.24) is 9.55 Å². The van der Waals surface area contributed by atoms with Crippen LogP contribution >= 0.6 is 11.3 Å². The van der Waals surface area contributed by atoms with Crippen molar-refractivity contribution in [2.45, 2.75) is 6.92 Å². The third kappa shape index (κ3) is 2.24. The second-order valence-corrected chi connectivity index (χ2v) is 5.49. The molecule has 0 amide bonds. The molecule has 0 spiro atoms. The maximum atomic E-state index is 7.45. The van der Waals surface area contributed by atoms with Crippen molar-refractivity contribution in [3.05, 3.63) is 36.5 Å². The number of aryl methyl sites for hydroxylation is 1. The second-order valence-electron chi connectivity index (χ2n) is 4.46. The van der Waals surface area contributed by atoms with E-state index in [1.165, 1.54) is 0 Å². The monoisotopic (exact) mass is 270 g/mol. The van der Waals surface area contributed by atoms with Crippen molar-refractivity contribution < 1.29 is 0 Å². The highest BCUT2D eigenvalue weighted by Crippen LogP contribution is 2.31. The number of nitrogens with zero attached hydrogens (tertiary/aromatic N) is 2. The Morgan fingerprint density at radius 3 is 2.89 bits per heavy atom. The molecule has 3 aromatic rings. The predicted octanol–water partition coefficient (Wildman–Crippen LogP) is 3.71. The van der Waals surface area contributed by atoms with Crippen LogP contribution in [0.4, 0.5) is 5.69 Å². The summed E-state index contributed by atoms with van der Waals surface area (Å²) in [6.07, 6.45) is 2.02. The van der Waals surface area contributed by atoms with E-state index < -0.39 is 0 Å². The van der Waals surface area contributed by atoms with E-state index in [2.05, 4.69) is 20.9 Å². The van der Waals surface area contributed by atoms with Gasteiger partial charge in [0.15, 0.2) is 0 Å². The van der Waals surface area contributed by atoms with Gasteiger partial charge in [-0.1, -0.05) is 0 Å². The first kappa shape index (κ1) is 11.9. The van der Waals surface area contributed by atoms with Crippen molar-refractivity contribution in [2.75, 3.05) is 5.32 Å². The highest BCUT2D eigenvalue weighted by molar-refractivity contribution is 7.21. The Labute approximate surface area is 115 Å². The lowest BCUT2D eigenvalue weighted by atomic mass is 10.3. The Bertz CT molecular complexity index is 754. The number of aromatic nitrogens is 2. The molecule has 0 fully saturated rings. The number of rotatable bonds is 2. The molecule has 1 aromatic carbocycles. The van der Waals surface area contributed by atoms with Gasteiger partial charge in [-0.15, -0.1) is 11.3 Å². The zero-order chi connectivity index (χ0) is 13.4. The molecule has 2 aromatic heterocycles. The second kappa shape index (κ2) is 4.51. The zero-order valence-corrected chi connectivity index (χ0v) is 11.6. The van der Waals surface area contributed by atoms with Crippen molar-refractivity contribution in [1.29, 1.82) is 5.41 Å². The van der Waals surface area contributed by atoms with Crippen LogP contribution < -0.4 is 5.32 Å². The van der Waals surface area contributed by atoms with Crippen molar-refractivity contribution in [3.8, 4) is 10.7 Å². The minimum Gasteiger partial charge on any atom is -0.349 e. The molecule has 3 rings (SSSR count). The van der Waals surface area contributed by atoms with Gasteiger partial charge in [0.25, 0.3) is 0 Å². The summed E-state index contributed by atoms with van der Waals surface area (Å²) in [7, 11) is 2.02. The third-order valence-corrected chi connectivity index (χ3v) is 3.94. The van der Waals surface area contributed by atoms with E-state index >= 15 is 0 Å². The van der Waals surface area contributed by atoms with Gasteiger partial charge in [0.2, 0.25) is 0 Å². The van der Waals surface area contributed by atoms with Crippen molar-refractivity contribution >= 4 is 33.1 Å². The fraction of sp³-hybridized carbons (Fsp3) is 0.143. The molecule has 0 saturated heterocycles. The molecule has 0 aliphatic carbocycles. The quantitative estimate of drug-likeness (QED) is 0.551. The molecule has 96 valence electrons. The summed E-state index contributed by atoms with van der Waals surface area (Å²) in [5.74, 6) is 0.428. The first-order valence-corrected chi connectivity index (χ1v) is 6.79. The maximum Gasteiger partial charge on any atom is 0.141 e. The van der Waals surface area contributed by atoms with Crippen LogP contribution in [-0.4, -0.2) is 15.4 Å². The summed E-state index contributed by atoms with van der Waals surface area (Å²) >= 11 is 1.68. The number of benzene rings is 1. The van der Waals surface area contributed by atoms with Gasteiger partial charge >= 0.3 is 0 Å². The van der Waals surface area contributed by atoms with E-state index in [1.807, 2.05) is 37.5 Å². The molecule has 0 aliphatic rings. The maximum absolute atomic E-state index is 7.45. The summed E-state index contributed by atoms with van der Waals surface area (Å²) in [4.78, 5) is 4.67. The first-order chi connectivity index (χ1) is 9.13. The fourth-order valence-electron chi connectivity index (χ4n) is 2.01. The molecule has 4 nitrogen and oxygen atoms in total. The van der Waals surface area contributed by atoms with Crippen LogP contribution in [0.2, 0.25) is 0 Å². The van der Waals surface area contributed by atoms with Crippen LogP contribution in [0.5, 0.6) is 0 Å². The Kier molecular flexibility index (Phi) is 2.83. The van der Waals surface area contributed by atoms with Crippen LogP contribution in [0.15, 0.2) is 36.5 Å². The number of anilines is 1. The molecular weight excluding hydrogens is 256 g/mol. The van der Waals surface area contributed by atoms with E-state index in [0.717, 1.165) is 26.6 Å². The minimum absolute atomic E-state index is 0.428. The summed E-state index contributed by atoms with van der Waals surface area (Å²) in [6.45, 7) is 1.72. The normalized spacial score (nSPS) is 10.8. The van der Waals surface area contributed by atoms with Gasteiger partial charge < -0.3 is 9.88 Å². The summed E-state index contributed by atoms with van der Waals surface area (Å²) in [5.41, 5.74) is 3.00. The van der Waals surface area contributed by atoms with Crippen LogP contribution in [0.25, 0.3) is 20.9 Å². The lowest BCUT2D eigenvalue weighted by Gasteiger charge is -2.02. The molecule has 5 heteroatoms. The highest BCUT2D eigenvalue weighted by Gasteiger charge is 2.09. The Balaban J connectivity index is 2.06. The van der Waals surface area contributed by atoms with Gasteiger partial charge in [0, 0.05) is 18.9 Å². The van der Waals surface area contributed by atoms with E-state index in [4.69, 9.17) is 5.41 Å². The molecule has 2 N–H and O–H groups in total. The van der Waals surface area contributed by atoms with E-state index in [1.54, 1.807) is 18.3 Å². The Morgan fingerprint density at radius 2 is 2.21 bits per heavy atom. The topological polar surface area (TPSA) is 53.7 Å². The van der Waals surface area contributed by atoms with E-state index in [-0.39, 0.29) is 0 Å². The number of fused-ring (bicyclic) bond motifs is 1. The SMILES string of the molecule is CC(=N)Nc1ccc2sc(-c3cccn3C)nc2c1. The largest absolute Gasteiger partial charge is 0.349 e. The Hall–Kier alpha value is -2.14. The van der Waals surface area contributed by atoms with E-state index in [9.17, 15) is 0 Å². The van der Waals surface area contributed by atoms with Crippen molar-refractivity contribution in [3.63, 3.8) is 0 Å². The highest BCUT2D eigenvalue weighted by atomic mass is 32.1. The summed E-state index contributed by atoms with van der Waals surface area (Å²) in [5, 5.41) is 11.5. The molecule has 0 radical (unpaired) electrons. The van der Waals surface area contributed by atoms with Crippen LogP contribution in [0.3, 0.4) is 0 Å². The lowest BCUT2D eigenvalue weighted by molar-refractivity contribution is 0.936. The van der Waals surface area contributed by atoms with E-state index in [0.29, 0.717) is 5.84 Å². The minimum atomic E-state index is 0.428. The zero-order valence-electron chi connectivity index (χ0n) is 10.8. The predicted molar refractivity (Wildman–Crippen MR) is 81.1 cm³/mol. The lowest BCUT2D eigenvalue weighted by Crippen LogP contribution is -2.04. The standard InChI is InChI=1S/C14H14N4S/c1-9(15)16-10-5-6-13-11(8-10)17-14(19-13)12-4-3-7-18(12)2/h3-8H,1-2H3,(H2,15,16). The van der Waals surface area contributed by atoms with Gasteiger partial charge in [0.05, 0.1) is 21.7 Å². The molecule has 0 aliphatic heterocycles. The Morgan fingerprint density at radius 1 is 1.37 bits per heavy atom. The summed E-state index contributed by atoms with van der Waals surface area (Å²) < 4.78 is 3.22. The first-order valence-electron chi connectivity index (χ1n) is 5.98. The number of hydrogen-bond donors (Lipinski definition) is 2. The molecular formula is C14H14N4S. The molecule has 2 heterocycles. The average Bonchev–Trinajstić information content (AvgIpc) is 2.93. The molecule has 19 heavy (non-hydrogen) atoms. The van der Waals surface area contributed by atoms with Gasteiger partial charge in [-0.25, -0.2) is 4.98 Å². The summed E-state index contributed by atoms with van der Waals surface area (Å²) in [6, 6.07) is 10.1. The number of nitrogens with one attached hydrogen (secondary N) is 2. The molecule has 0 saturated carbocycles. The number of thiazole rings is 1. The van der Waals surface area contributed by atoms with Gasteiger partial charge in [-0.05, 0) is 37.3 Å². The van der Waals surface area contributed by atoms with Crippen LogP contribution in [-0.2, 0) is 7.05 Å². The molecule has 0 unspecified atom stereocenters. The van der Waals surface area contributed by atoms with Gasteiger partial charge in [-0.2, -0.15) is 0 Å². The molecule has 0 atom stereocenters. The fourth-order valence-corrected chi connectivity index (χ4v) is 3.03. The molecule has 0 bridgehead atoms. The van der Waals surface area contributed by atoms with Crippen LogP contribution in [0.1, 0.15) is 6.92 Å². The average molecular weight is 270 g/mol. The van der Waals surface area contributed by atoms with Gasteiger partial charge in [0.1, 0.15) is 5.01 Å².